The molecule has 1 aliphatic rings. The molecule has 1 heterocycles. The van der Waals surface area contributed by atoms with Crippen LogP contribution in [0.2, 0.25) is 0 Å². The van der Waals surface area contributed by atoms with Gasteiger partial charge in [0.2, 0.25) is 0 Å². The standard InChI is InChI=1S/C20H20N2O3/c1-24-17-9-5-3-7-14(17)11-12-19-21-16(20(23)22-19)13-15-8-4-6-10-18(15)25-2/h3-10,13H,11-12H2,1-2H3,(H,21,22,23)/b16-13-. The van der Waals surface area contributed by atoms with Gasteiger partial charge in [-0.05, 0) is 30.2 Å². The number of nitrogens with one attached hydrogen (secondary N) is 1. The Kier molecular flexibility index (Phi) is 5.14. The topological polar surface area (TPSA) is 59.9 Å². The summed E-state index contributed by atoms with van der Waals surface area (Å²) in [5.74, 6) is 2.02. The van der Waals surface area contributed by atoms with Crippen LogP contribution in [0.4, 0.5) is 0 Å². The number of benzene rings is 2. The Morgan fingerprint density at radius 2 is 1.64 bits per heavy atom. The van der Waals surface area contributed by atoms with E-state index in [0.29, 0.717) is 23.7 Å². The lowest BCUT2D eigenvalue weighted by atomic mass is 10.1. The fourth-order valence-corrected chi connectivity index (χ4v) is 2.73. The van der Waals surface area contributed by atoms with Crippen molar-refractivity contribution < 1.29 is 14.3 Å². The van der Waals surface area contributed by atoms with Gasteiger partial charge < -0.3 is 14.8 Å². The van der Waals surface area contributed by atoms with E-state index < -0.39 is 0 Å². The Morgan fingerprint density at radius 3 is 2.40 bits per heavy atom. The van der Waals surface area contributed by atoms with Crippen LogP contribution in [0.1, 0.15) is 17.5 Å². The zero-order valence-corrected chi connectivity index (χ0v) is 14.3. The fourth-order valence-electron chi connectivity index (χ4n) is 2.73. The Morgan fingerprint density at radius 1 is 0.960 bits per heavy atom. The predicted octanol–water partition coefficient (Wildman–Crippen LogP) is 3.21. The van der Waals surface area contributed by atoms with Crippen LogP contribution in [0.3, 0.4) is 0 Å². The molecule has 0 aliphatic carbocycles. The number of ether oxygens (including phenoxy) is 2. The number of amides is 1. The average molecular weight is 336 g/mol. The summed E-state index contributed by atoms with van der Waals surface area (Å²) in [7, 11) is 3.26. The number of hydrogen-bond acceptors (Lipinski definition) is 4. The van der Waals surface area contributed by atoms with Crippen molar-refractivity contribution in [1.82, 2.24) is 5.32 Å². The van der Waals surface area contributed by atoms with Crippen LogP contribution in [-0.4, -0.2) is 26.0 Å². The first kappa shape index (κ1) is 16.8. The molecule has 0 saturated carbocycles. The molecule has 0 radical (unpaired) electrons. The molecule has 25 heavy (non-hydrogen) atoms. The Labute approximate surface area is 147 Å². The fraction of sp³-hybridized carbons (Fsp3) is 0.200. The second-order valence-corrected chi connectivity index (χ2v) is 5.60. The monoisotopic (exact) mass is 336 g/mol. The van der Waals surface area contributed by atoms with Crippen molar-refractivity contribution in [3.63, 3.8) is 0 Å². The number of nitrogens with zero attached hydrogens (tertiary/aromatic N) is 1. The summed E-state index contributed by atoms with van der Waals surface area (Å²) in [4.78, 5) is 16.6. The quantitative estimate of drug-likeness (QED) is 0.824. The molecule has 2 aromatic carbocycles. The highest BCUT2D eigenvalue weighted by Crippen LogP contribution is 2.23. The van der Waals surface area contributed by atoms with Gasteiger partial charge in [-0.15, -0.1) is 0 Å². The highest BCUT2D eigenvalue weighted by atomic mass is 16.5. The summed E-state index contributed by atoms with van der Waals surface area (Å²) in [6.07, 6.45) is 3.12. The Bertz CT molecular complexity index is 840. The summed E-state index contributed by atoms with van der Waals surface area (Å²) in [6.45, 7) is 0. The maximum absolute atomic E-state index is 12.2. The van der Waals surface area contributed by atoms with E-state index in [1.165, 1.54) is 0 Å². The van der Waals surface area contributed by atoms with Gasteiger partial charge in [0.05, 0.1) is 14.2 Å². The van der Waals surface area contributed by atoms with Gasteiger partial charge >= 0.3 is 0 Å². The van der Waals surface area contributed by atoms with Crippen molar-refractivity contribution in [2.75, 3.05) is 14.2 Å². The van der Waals surface area contributed by atoms with E-state index in [1.807, 2.05) is 48.5 Å². The molecule has 5 nitrogen and oxygen atoms in total. The molecule has 0 atom stereocenters. The second-order valence-electron chi connectivity index (χ2n) is 5.60. The highest BCUT2D eigenvalue weighted by molar-refractivity contribution is 6.14. The van der Waals surface area contributed by atoms with Gasteiger partial charge in [-0.2, -0.15) is 0 Å². The van der Waals surface area contributed by atoms with Gasteiger partial charge in [-0.25, -0.2) is 4.99 Å². The molecule has 0 saturated heterocycles. The van der Waals surface area contributed by atoms with E-state index in [-0.39, 0.29) is 5.91 Å². The summed E-state index contributed by atoms with van der Waals surface area (Å²) >= 11 is 0. The van der Waals surface area contributed by atoms with Crippen molar-refractivity contribution in [2.45, 2.75) is 12.8 Å². The smallest absolute Gasteiger partial charge is 0.275 e. The van der Waals surface area contributed by atoms with Crippen LogP contribution in [0, 0.1) is 0 Å². The number of hydrogen-bond donors (Lipinski definition) is 1. The summed E-state index contributed by atoms with van der Waals surface area (Å²) in [5, 5.41) is 2.83. The van der Waals surface area contributed by atoms with Crippen LogP contribution in [-0.2, 0) is 11.2 Å². The number of aryl methyl sites for hydroxylation is 1. The van der Waals surface area contributed by atoms with Crippen LogP contribution in [0.15, 0.2) is 59.2 Å². The molecule has 0 bridgehead atoms. The SMILES string of the molecule is COc1ccccc1/C=C1\N=C(CCc2ccccc2OC)NC1=O. The van der Waals surface area contributed by atoms with Gasteiger partial charge in [0.1, 0.15) is 23.0 Å². The van der Waals surface area contributed by atoms with E-state index in [9.17, 15) is 4.79 Å². The van der Waals surface area contributed by atoms with E-state index in [2.05, 4.69) is 10.3 Å². The number of aliphatic imine (C=N–C) groups is 1. The van der Waals surface area contributed by atoms with Crippen molar-refractivity contribution in [2.24, 2.45) is 4.99 Å². The van der Waals surface area contributed by atoms with Crippen LogP contribution in [0.5, 0.6) is 11.5 Å². The van der Waals surface area contributed by atoms with E-state index in [0.717, 1.165) is 23.3 Å². The first-order valence-electron chi connectivity index (χ1n) is 8.07. The van der Waals surface area contributed by atoms with Crippen LogP contribution >= 0.6 is 0 Å². The average Bonchev–Trinajstić information content (AvgIpc) is 3.00. The van der Waals surface area contributed by atoms with Gasteiger partial charge in [-0.1, -0.05) is 36.4 Å². The maximum atomic E-state index is 12.2. The molecule has 3 rings (SSSR count). The Hall–Kier alpha value is -3.08. The third-order valence-electron chi connectivity index (χ3n) is 4.00. The molecule has 1 amide bonds. The molecule has 0 unspecified atom stereocenters. The number of amidine groups is 1. The summed E-state index contributed by atoms with van der Waals surface area (Å²) in [5.41, 5.74) is 2.30. The van der Waals surface area contributed by atoms with Crippen LogP contribution in [0.25, 0.3) is 6.08 Å². The maximum Gasteiger partial charge on any atom is 0.275 e. The first-order chi connectivity index (χ1) is 12.2. The molecular weight excluding hydrogens is 316 g/mol. The molecule has 1 N–H and O–H groups in total. The third kappa shape index (κ3) is 3.88. The van der Waals surface area contributed by atoms with E-state index in [1.54, 1.807) is 20.3 Å². The first-order valence-corrected chi connectivity index (χ1v) is 8.07. The zero-order chi connectivity index (χ0) is 17.6. The lowest BCUT2D eigenvalue weighted by Gasteiger charge is -2.07. The minimum absolute atomic E-state index is 0.194. The van der Waals surface area contributed by atoms with Crippen LogP contribution < -0.4 is 14.8 Å². The van der Waals surface area contributed by atoms with Crippen molar-refractivity contribution in [3.05, 3.63) is 65.4 Å². The van der Waals surface area contributed by atoms with E-state index >= 15 is 0 Å². The molecule has 0 aromatic heterocycles. The molecule has 1 aliphatic heterocycles. The second kappa shape index (κ2) is 7.66. The van der Waals surface area contributed by atoms with Crippen molar-refractivity contribution >= 4 is 17.8 Å². The molecule has 2 aromatic rings. The summed E-state index contributed by atoms with van der Waals surface area (Å²) in [6, 6.07) is 15.4. The molecule has 5 heteroatoms. The number of para-hydroxylation sites is 2. The minimum Gasteiger partial charge on any atom is -0.496 e. The highest BCUT2D eigenvalue weighted by Gasteiger charge is 2.20. The van der Waals surface area contributed by atoms with Gasteiger partial charge in [0.15, 0.2) is 0 Å². The number of carbonyl (C=O) groups is 1. The molecule has 128 valence electrons. The van der Waals surface area contributed by atoms with Gasteiger partial charge in [0, 0.05) is 12.0 Å². The molecule has 0 fully saturated rings. The van der Waals surface area contributed by atoms with Crippen molar-refractivity contribution in [1.29, 1.82) is 0 Å². The number of methoxy groups -OCH3 is 2. The molecular formula is C20H20N2O3. The Balaban J connectivity index is 1.75. The van der Waals surface area contributed by atoms with Crippen molar-refractivity contribution in [3.8, 4) is 11.5 Å². The number of carbonyl (C=O) groups excluding carboxylic acids is 1. The lowest BCUT2D eigenvalue weighted by Crippen LogP contribution is -2.24. The summed E-state index contributed by atoms with van der Waals surface area (Å²) < 4.78 is 10.7. The third-order valence-corrected chi connectivity index (χ3v) is 4.00. The number of rotatable bonds is 6. The lowest BCUT2D eigenvalue weighted by molar-refractivity contribution is -0.115. The zero-order valence-electron chi connectivity index (χ0n) is 14.3. The normalized spacial score (nSPS) is 15.0. The largest absolute Gasteiger partial charge is 0.496 e. The van der Waals surface area contributed by atoms with Gasteiger partial charge in [0.25, 0.3) is 5.91 Å². The van der Waals surface area contributed by atoms with Gasteiger partial charge in [-0.3, -0.25) is 4.79 Å². The van der Waals surface area contributed by atoms with E-state index in [4.69, 9.17) is 9.47 Å². The molecule has 0 spiro atoms. The minimum atomic E-state index is -0.194. The predicted molar refractivity (Wildman–Crippen MR) is 97.9 cm³/mol.